The molecule has 0 aliphatic heterocycles. The number of ether oxygens (including phenoxy) is 6. The molecule has 0 aliphatic carbocycles. The Morgan fingerprint density at radius 2 is 0.976 bits per heavy atom. The smallest absolute Gasteiger partial charge is 0.483 e. The predicted molar refractivity (Wildman–Crippen MR) is 148 cm³/mol. The van der Waals surface area contributed by atoms with Gasteiger partial charge in [0, 0.05) is 26.2 Å². The van der Waals surface area contributed by atoms with E-state index in [2.05, 4.69) is 19.2 Å². The third kappa shape index (κ3) is 40.8. The Morgan fingerprint density at radius 1 is 0.643 bits per heavy atom. The second kappa shape index (κ2) is 35.8. The summed E-state index contributed by atoms with van der Waals surface area (Å²) in [6.07, 6.45) is -0.377. The minimum atomic E-state index is -1.20. The molecule has 0 heterocycles. The number of rotatable bonds is 26. The van der Waals surface area contributed by atoms with Gasteiger partial charge in [0.1, 0.15) is 0 Å². The first-order valence-electron chi connectivity index (χ1n) is 13.3. The van der Waals surface area contributed by atoms with E-state index in [1.165, 1.54) is 0 Å². The maximum absolute atomic E-state index is 12.2. The number of aliphatic carboxylic acids is 3. The van der Waals surface area contributed by atoms with Crippen molar-refractivity contribution in [2.75, 3.05) is 85.8 Å². The molecule has 0 saturated carbocycles. The molecule has 42 heavy (non-hydrogen) atoms. The van der Waals surface area contributed by atoms with Crippen molar-refractivity contribution >= 4 is 23.8 Å². The molecule has 0 bridgehead atoms. The molecular weight excluding hydrogens is 786 g/mol. The molecule has 0 fully saturated rings. The van der Waals surface area contributed by atoms with Crippen LogP contribution in [0.2, 0.25) is 0 Å². The maximum Gasteiger partial charge on any atom is 2.00 e. The number of nitrogens with two attached hydrogens (primary N) is 1. The van der Waals surface area contributed by atoms with Crippen molar-refractivity contribution in [3.63, 3.8) is 0 Å². The number of hydrogen-bond donors (Lipinski definition) is 5. The molecule has 0 aromatic rings. The van der Waals surface area contributed by atoms with Gasteiger partial charge in [-0.1, -0.05) is 20.3 Å². The number of nitrogens with one attached hydrogen (secondary N) is 1. The number of hydrogen-bond acceptors (Lipinski definition) is 11. The van der Waals surface area contributed by atoms with E-state index in [1.54, 1.807) is 0 Å². The van der Waals surface area contributed by atoms with Crippen molar-refractivity contribution in [3.8, 4) is 0 Å². The summed E-state index contributed by atoms with van der Waals surface area (Å²) in [5.74, 6) is -3.26. The Balaban J connectivity index is -0.000000809. The van der Waals surface area contributed by atoms with E-state index in [0.29, 0.717) is 52.8 Å². The molecule has 0 atom stereocenters. The number of carbonyl (C=O) groups is 4. The van der Waals surface area contributed by atoms with Gasteiger partial charge in [0.2, 0.25) is 5.91 Å². The van der Waals surface area contributed by atoms with E-state index in [4.69, 9.17) is 49.5 Å². The van der Waals surface area contributed by atoms with Crippen LogP contribution in [0.5, 0.6) is 0 Å². The fourth-order valence-corrected chi connectivity index (χ4v) is 2.34. The van der Waals surface area contributed by atoms with Gasteiger partial charge in [-0.2, -0.15) is 0 Å². The van der Waals surface area contributed by atoms with Crippen LogP contribution in [-0.2, 0) is 47.6 Å². The molecule has 0 radical (unpaired) electrons. The standard InChI is InChI=1S/C21H39N2O11.C3H5O2.C2H6.U/c1-21(16-33-7-3-19(25)26,17-34-8-4-20(27)28)23-18(24)2-6-29-10-12-31-14-15-32-13-11-30-9-5-22;1-2-3(4)5;1-2;/h1-17,22H2,(H,23,24)(H,25,26)(H,27,28);1-2H2,(H,4,5);1-2H3;/q2*-1;;+2. The van der Waals surface area contributed by atoms with E-state index >= 15 is 0 Å². The molecule has 246 valence electrons. The molecule has 0 aromatic carbocycles. The van der Waals surface area contributed by atoms with Crippen LogP contribution < -0.4 is 11.1 Å². The van der Waals surface area contributed by atoms with Crippen molar-refractivity contribution in [3.05, 3.63) is 13.8 Å². The third-order valence-electron chi connectivity index (χ3n) is 4.15. The average molecular weight is 837 g/mol. The van der Waals surface area contributed by atoms with Gasteiger partial charge in [0.05, 0.1) is 78.9 Å². The first kappa shape index (κ1) is 47.6. The molecule has 0 rings (SSSR count). The summed E-state index contributed by atoms with van der Waals surface area (Å²) in [5.41, 5.74) is 4.10. The summed E-state index contributed by atoms with van der Waals surface area (Å²) in [6.45, 7) is 14.2. The number of carboxylic acids is 3. The number of carbonyl (C=O) groups excluding carboxylic acids is 1. The fraction of sp³-hybridized carbons (Fsp3) is 0.769. The first-order valence-corrected chi connectivity index (χ1v) is 13.3. The quantitative estimate of drug-likeness (QED) is 0.0588. The Labute approximate surface area is 272 Å². The average Bonchev–Trinajstić information content (AvgIpc) is 2.93. The van der Waals surface area contributed by atoms with Gasteiger partial charge in [-0.05, 0) is 5.54 Å². The van der Waals surface area contributed by atoms with Crippen LogP contribution in [0.15, 0.2) is 0 Å². The molecule has 6 N–H and O–H groups in total. The number of amides is 1. The molecule has 0 unspecified atom stereocenters. The minimum Gasteiger partial charge on any atom is -0.483 e. The largest absolute Gasteiger partial charge is 2.00 e. The van der Waals surface area contributed by atoms with E-state index in [9.17, 15) is 19.2 Å². The van der Waals surface area contributed by atoms with Gasteiger partial charge in [-0.15, -0.1) is 0 Å². The molecule has 0 spiro atoms. The zero-order valence-electron chi connectivity index (χ0n) is 24.9. The van der Waals surface area contributed by atoms with Gasteiger partial charge in [0.25, 0.3) is 5.97 Å². The summed E-state index contributed by atoms with van der Waals surface area (Å²) in [7, 11) is 0. The monoisotopic (exact) mass is 836 g/mol. The Bertz CT molecular complexity index is 636. The summed E-state index contributed by atoms with van der Waals surface area (Å²) < 4.78 is 31.8. The van der Waals surface area contributed by atoms with Gasteiger partial charge in [0.15, 0.2) is 0 Å². The van der Waals surface area contributed by atoms with E-state index in [0.717, 1.165) is 0 Å². The van der Waals surface area contributed by atoms with Crippen molar-refractivity contribution in [2.45, 2.75) is 45.1 Å². The van der Waals surface area contributed by atoms with Crippen LogP contribution in [-0.4, -0.2) is 131 Å². The van der Waals surface area contributed by atoms with Gasteiger partial charge < -0.3 is 68.6 Å². The Kier molecular flexibility index (Phi) is 40.6. The number of carboxylic acid groups (broad SMARTS) is 3. The minimum absolute atomic E-state index is 0. The predicted octanol–water partition coefficient (Wildman–Crippen LogP) is 0.395. The zero-order chi connectivity index (χ0) is 31.8. The van der Waals surface area contributed by atoms with Gasteiger partial charge >= 0.3 is 43.1 Å². The third-order valence-corrected chi connectivity index (χ3v) is 4.15. The van der Waals surface area contributed by atoms with Crippen molar-refractivity contribution < 1.29 is 94.0 Å². The zero-order valence-corrected chi connectivity index (χ0v) is 29.1. The van der Waals surface area contributed by atoms with Crippen LogP contribution in [0.4, 0.5) is 0 Å². The summed E-state index contributed by atoms with van der Waals surface area (Å²) in [4.78, 5) is 42.7. The van der Waals surface area contributed by atoms with Crippen LogP contribution >= 0.6 is 0 Å². The topological polar surface area (TPSA) is 222 Å². The maximum atomic E-state index is 12.2. The molecule has 16 heteroatoms. The van der Waals surface area contributed by atoms with Gasteiger partial charge in [-0.25, -0.2) is 0 Å². The molecule has 0 saturated heterocycles. The first-order chi connectivity index (χ1) is 19.6. The second-order valence-electron chi connectivity index (χ2n) is 7.85. The fourth-order valence-electron chi connectivity index (χ4n) is 2.34. The van der Waals surface area contributed by atoms with Crippen molar-refractivity contribution in [1.82, 2.24) is 5.32 Å². The summed E-state index contributed by atoms with van der Waals surface area (Å²) >= 11 is 0. The molecule has 0 aromatic heterocycles. The summed E-state index contributed by atoms with van der Waals surface area (Å²) in [6, 6.07) is 0. The van der Waals surface area contributed by atoms with Crippen LogP contribution in [0.1, 0.15) is 39.5 Å². The molecule has 1 amide bonds. The molecular formula is C26H50N2O13U. The second-order valence-corrected chi connectivity index (χ2v) is 7.85. The molecule has 0 aliphatic rings. The SMILES string of the molecule is CC.[CH2-]C(COCCC(=O)O)(COCCC(=O)O)NC(=O)CCOCCOCCOCCOCCN.[CH2-]CC(=O)O.[U+2]. The van der Waals surface area contributed by atoms with E-state index < -0.39 is 23.4 Å². The van der Waals surface area contributed by atoms with Crippen LogP contribution in [0, 0.1) is 45.0 Å². The Morgan fingerprint density at radius 3 is 1.31 bits per heavy atom. The Hall–Kier alpha value is -1.35. The van der Waals surface area contributed by atoms with Crippen LogP contribution in [0.25, 0.3) is 0 Å². The van der Waals surface area contributed by atoms with Crippen molar-refractivity contribution in [2.24, 2.45) is 5.73 Å². The van der Waals surface area contributed by atoms with E-state index in [-0.39, 0.29) is 95.7 Å². The van der Waals surface area contributed by atoms with Crippen molar-refractivity contribution in [1.29, 1.82) is 0 Å². The summed E-state index contributed by atoms with van der Waals surface area (Å²) in [5, 5.41) is 27.7. The van der Waals surface area contributed by atoms with Crippen LogP contribution in [0.3, 0.4) is 0 Å². The normalized spacial score (nSPS) is 10.3. The molecule has 15 nitrogen and oxygen atoms in total. The van der Waals surface area contributed by atoms with E-state index in [1.807, 2.05) is 13.8 Å². The van der Waals surface area contributed by atoms with Gasteiger partial charge in [-0.3, -0.25) is 19.2 Å².